The fourth-order valence-corrected chi connectivity index (χ4v) is 4.14. The van der Waals surface area contributed by atoms with E-state index in [1.165, 1.54) is 11.3 Å². The molecule has 2 aromatic heterocycles. The van der Waals surface area contributed by atoms with Crippen LogP contribution >= 0.6 is 11.3 Å². The maximum atomic E-state index is 12.4. The summed E-state index contributed by atoms with van der Waals surface area (Å²) in [5.74, 6) is -0.801. The van der Waals surface area contributed by atoms with Gasteiger partial charge in [0.15, 0.2) is 0 Å². The first-order valence-electron chi connectivity index (χ1n) is 9.12. The number of piperidine rings is 1. The second-order valence-corrected chi connectivity index (χ2v) is 7.68. The number of aromatic nitrogens is 1. The van der Waals surface area contributed by atoms with Crippen molar-refractivity contribution in [1.29, 1.82) is 0 Å². The van der Waals surface area contributed by atoms with Crippen LogP contribution in [0.1, 0.15) is 32.9 Å². The fraction of sp³-hybridized carbons (Fsp3) is 0.250. The molecule has 0 spiro atoms. The van der Waals surface area contributed by atoms with E-state index in [0.29, 0.717) is 36.4 Å². The van der Waals surface area contributed by atoms with E-state index in [1.54, 1.807) is 11.1 Å². The first-order chi connectivity index (χ1) is 13.6. The quantitative estimate of drug-likeness (QED) is 0.594. The Morgan fingerprint density at radius 3 is 2.57 bits per heavy atom. The number of nitrogens with one attached hydrogen (secondary N) is 3. The standard InChI is InChI=1S/C20H20N4O3S/c25-18(13-7-9-24(10-8-13)20(27)17-6-3-11-28-17)22-23-19(26)15-12-21-16-5-2-1-4-14(15)16/h1-6,11-13,21H,7-10H2,(H,22,25)(H,23,26). The Morgan fingerprint density at radius 2 is 1.82 bits per heavy atom. The minimum atomic E-state index is -0.365. The summed E-state index contributed by atoms with van der Waals surface area (Å²) in [6.07, 6.45) is 2.78. The third-order valence-corrected chi connectivity index (χ3v) is 5.88. The van der Waals surface area contributed by atoms with Crippen molar-refractivity contribution in [1.82, 2.24) is 20.7 Å². The van der Waals surface area contributed by atoms with Gasteiger partial charge in [-0.05, 0) is 30.4 Å². The van der Waals surface area contributed by atoms with Crippen molar-refractivity contribution in [3.63, 3.8) is 0 Å². The summed E-state index contributed by atoms with van der Waals surface area (Å²) in [6.45, 7) is 1.07. The Hall–Kier alpha value is -3.13. The average molecular weight is 396 g/mol. The lowest BCUT2D eigenvalue weighted by Crippen LogP contribution is -2.48. The van der Waals surface area contributed by atoms with Gasteiger partial charge in [0.05, 0.1) is 10.4 Å². The molecule has 0 atom stereocenters. The number of rotatable bonds is 3. The molecule has 3 aromatic rings. The summed E-state index contributed by atoms with van der Waals surface area (Å²) in [5.41, 5.74) is 6.36. The van der Waals surface area contributed by atoms with Gasteiger partial charge < -0.3 is 9.88 Å². The van der Waals surface area contributed by atoms with E-state index in [-0.39, 0.29) is 23.6 Å². The SMILES string of the molecule is O=C(NNC(=O)C1CCN(C(=O)c2cccs2)CC1)c1c[nH]c2ccccc12. The molecule has 1 saturated heterocycles. The Morgan fingerprint density at radius 1 is 1.04 bits per heavy atom. The van der Waals surface area contributed by atoms with Gasteiger partial charge in [-0.1, -0.05) is 24.3 Å². The Balaban J connectivity index is 1.29. The van der Waals surface area contributed by atoms with Crippen molar-refractivity contribution >= 4 is 40.0 Å². The summed E-state index contributed by atoms with van der Waals surface area (Å²) in [6, 6.07) is 11.1. The minimum Gasteiger partial charge on any atom is -0.360 e. The third-order valence-electron chi connectivity index (χ3n) is 5.02. The molecule has 4 rings (SSSR count). The lowest BCUT2D eigenvalue weighted by atomic mass is 9.96. The number of aromatic amines is 1. The molecular formula is C20H20N4O3S. The van der Waals surface area contributed by atoms with Crippen LogP contribution < -0.4 is 10.9 Å². The molecule has 0 aliphatic carbocycles. The second kappa shape index (κ2) is 7.85. The second-order valence-electron chi connectivity index (χ2n) is 6.74. The van der Waals surface area contributed by atoms with Crippen LogP contribution in [0.15, 0.2) is 48.0 Å². The number of nitrogens with zero attached hydrogens (tertiary/aromatic N) is 1. The highest BCUT2D eigenvalue weighted by Gasteiger charge is 2.28. The number of amides is 3. The van der Waals surface area contributed by atoms with Crippen LogP contribution in [0.5, 0.6) is 0 Å². The molecule has 3 heterocycles. The van der Waals surface area contributed by atoms with Gasteiger partial charge in [0.25, 0.3) is 11.8 Å². The maximum absolute atomic E-state index is 12.4. The highest BCUT2D eigenvalue weighted by atomic mass is 32.1. The van der Waals surface area contributed by atoms with E-state index in [9.17, 15) is 14.4 Å². The van der Waals surface area contributed by atoms with Gasteiger partial charge in [-0.3, -0.25) is 25.2 Å². The van der Waals surface area contributed by atoms with Gasteiger partial charge in [-0.15, -0.1) is 11.3 Å². The Labute approximate surface area is 165 Å². The van der Waals surface area contributed by atoms with Crippen LogP contribution in [0.25, 0.3) is 10.9 Å². The molecule has 1 aliphatic heterocycles. The number of H-pyrrole nitrogens is 1. The third kappa shape index (κ3) is 3.63. The number of carbonyl (C=O) groups excluding carboxylic acids is 3. The molecule has 1 aromatic carbocycles. The molecule has 1 aliphatic rings. The monoisotopic (exact) mass is 396 g/mol. The van der Waals surface area contributed by atoms with E-state index in [1.807, 2.05) is 41.8 Å². The molecule has 0 bridgehead atoms. The van der Waals surface area contributed by atoms with Crippen molar-refractivity contribution in [3.05, 3.63) is 58.4 Å². The largest absolute Gasteiger partial charge is 0.360 e. The number of hydrogen-bond acceptors (Lipinski definition) is 4. The van der Waals surface area contributed by atoms with Crippen molar-refractivity contribution in [2.75, 3.05) is 13.1 Å². The summed E-state index contributed by atoms with van der Waals surface area (Å²) in [4.78, 5) is 42.7. The molecule has 144 valence electrons. The lowest BCUT2D eigenvalue weighted by Gasteiger charge is -2.31. The zero-order valence-electron chi connectivity index (χ0n) is 15.1. The highest BCUT2D eigenvalue weighted by molar-refractivity contribution is 7.12. The smallest absolute Gasteiger partial charge is 0.271 e. The van der Waals surface area contributed by atoms with E-state index in [2.05, 4.69) is 15.8 Å². The Bertz CT molecular complexity index is 1000. The van der Waals surface area contributed by atoms with Crippen molar-refractivity contribution in [2.24, 2.45) is 5.92 Å². The fourth-order valence-electron chi connectivity index (χ4n) is 3.45. The van der Waals surface area contributed by atoms with Crippen LogP contribution in [-0.2, 0) is 4.79 Å². The van der Waals surface area contributed by atoms with Crippen LogP contribution in [0.3, 0.4) is 0 Å². The van der Waals surface area contributed by atoms with Gasteiger partial charge in [0, 0.05) is 36.1 Å². The number of fused-ring (bicyclic) bond motifs is 1. The zero-order chi connectivity index (χ0) is 19.5. The number of likely N-dealkylation sites (tertiary alicyclic amines) is 1. The summed E-state index contributed by atoms with van der Waals surface area (Å²) in [7, 11) is 0. The predicted molar refractivity (Wildman–Crippen MR) is 107 cm³/mol. The van der Waals surface area contributed by atoms with Crippen LogP contribution in [0.2, 0.25) is 0 Å². The van der Waals surface area contributed by atoms with E-state index in [0.717, 1.165) is 10.9 Å². The van der Waals surface area contributed by atoms with E-state index in [4.69, 9.17) is 0 Å². The number of para-hydroxylation sites is 1. The van der Waals surface area contributed by atoms with Gasteiger partial charge in [0.1, 0.15) is 0 Å². The molecular weight excluding hydrogens is 376 g/mol. The van der Waals surface area contributed by atoms with Gasteiger partial charge in [0.2, 0.25) is 5.91 Å². The lowest BCUT2D eigenvalue weighted by molar-refractivity contribution is -0.127. The highest BCUT2D eigenvalue weighted by Crippen LogP contribution is 2.21. The molecule has 28 heavy (non-hydrogen) atoms. The molecule has 8 heteroatoms. The molecule has 0 unspecified atom stereocenters. The van der Waals surface area contributed by atoms with E-state index < -0.39 is 0 Å². The van der Waals surface area contributed by atoms with Gasteiger partial charge >= 0.3 is 0 Å². The number of thiophene rings is 1. The average Bonchev–Trinajstić information content (AvgIpc) is 3.41. The normalized spacial score (nSPS) is 14.8. The number of carbonyl (C=O) groups is 3. The van der Waals surface area contributed by atoms with Crippen molar-refractivity contribution < 1.29 is 14.4 Å². The zero-order valence-corrected chi connectivity index (χ0v) is 15.9. The maximum Gasteiger partial charge on any atom is 0.271 e. The van der Waals surface area contributed by atoms with Gasteiger partial charge in [-0.25, -0.2) is 0 Å². The van der Waals surface area contributed by atoms with Crippen molar-refractivity contribution in [3.8, 4) is 0 Å². The molecule has 1 fully saturated rings. The van der Waals surface area contributed by atoms with E-state index >= 15 is 0 Å². The molecule has 0 radical (unpaired) electrons. The number of benzene rings is 1. The topological polar surface area (TPSA) is 94.3 Å². The predicted octanol–water partition coefficient (Wildman–Crippen LogP) is 2.54. The summed E-state index contributed by atoms with van der Waals surface area (Å²) >= 11 is 1.42. The van der Waals surface area contributed by atoms with Crippen LogP contribution in [-0.4, -0.2) is 40.7 Å². The molecule has 7 nitrogen and oxygen atoms in total. The Kier molecular flexibility index (Phi) is 5.12. The summed E-state index contributed by atoms with van der Waals surface area (Å²) in [5, 5.41) is 2.68. The first kappa shape index (κ1) is 18.2. The molecule has 0 saturated carbocycles. The number of hydrogen-bond donors (Lipinski definition) is 3. The van der Waals surface area contributed by atoms with Crippen molar-refractivity contribution in [2.45, 2.75) is 12.8 Å². The van der Waals surface area contributed by atoms with Crippen LogP contribution in [0, 0.1) is 5.92 Å². The van der Waals surface area contributed by atoms with Crippen LogP contribution in [0.4, 0.5) is 0 Å². The molecule has 3 N–H and O–H groups in total. The minimum absolute atomic E-state index is 0.0153. The van der Waals surface area contributed by atoms with Gasteiger partial charge in [-0.2, -0.15) is 0 Å². The first-order valence-corrected chi connectivity index (χ1v) is 10.0. The number of hydrazine groups is 1. The summed E-state index contributed by atoms with van der Waals surface area (Å²) < 4.78 is 0. The molecule has 3 amide bonds.